The molecule has 2 aliphatic rings. The van der Waals surface area contributed by atoms with Gasteiger partial charge in [0.2, 0.25) is 0 Å². The molecule has 10 aromatic rings. The molecule has 0 saturated carbocycles. The van der Waals surface area contributed by atoms with Gasteiger partial charge >= 0.3 is 0 Å². The van der Waals surface area contributed by atoms with Crippen LogP contribution in [0.4, 0.5) is 0 Å². The molecule has 2 aliphatic carbocycles. The predicted molar refractivity (Wildman–Crippen MR) is 256 cm³/mol. The average molecular weight is 787 g/mol. The Morgan fingerprint density at radius 1 is 0.317 bits per heavy atom. The summed E-state index contributed by atoms with van der Waals surface area (Å²) in [5.41, 5.74) is 11.9. The molecule has 0 bridgehead atoms. The van der Waals surface area contributed by atoms with Crippen molar-refractivity contribution in [3.05, 3.63) is 210 Å². The van der Waals surface area contributed by atoms with Crippen molar-refractivity contribution in [3.63, 3.8) is 0 Å². The molecule has 0 atom stereocenters. The highest BCUT2D eigenvalue weighted by Gasteiger charge is 2.40. The fourth-order valence-electron chi connectivity index (χ4n) is 11.1. The van der Waals surface area contributed by atoms with Gasteiger partial charge in [-0.1, -0.05) is 198 Å². The maximum atomic E-state index is 16.7. The minimum atomic E-state index is -3.40. The van der Waals surface area contributed by atoms with Crippen LogP contribution in [0.15, 0.2) is 188 Å². The largest absolute Gasteiger partial charge is 0.309 e. The quantitative estimate of drug-likeness (QED) is 0.128. The van der Waals surface area contributed by atoms with Crippen molar-refractivity contribution in [3.8, 4) is 33.4 Å². The van der Waals surface area contributed by atoms with E-state index >= 15 is 4.57 Å². The molecule has 286 valence electrons. The van der Waals surface area contributed by atoms with Crippen molar-refractivity contribution in [2.75, 3.05) is 0 Å². The predicted octanol–water partition coefficient (Wildman–Crippen LogP) is 14.2. The molecule has 0 aliphatic heterocycles. The summed E-state index contributed by atoms with van der Waals surface area (Å²) in [7, 11) is -3.40. The third kappa shape index (κ3) is 4.73. The molecular formula is C58H43OP. The monoisotopic (exact) mass is 786 g/mol. The maximum Gasteiger partial charge on any atom is 0.171 e. The molecule has 2 heteroatoms. The molecule has 10 aromatic carbocycles. The summed E-state index contributed by atoms with van der Waals surface area (Å²) >= 11 is 0. The Bertz CT molecular complexity index is 3400. The van der Waals surface area contributed by atoms with Gasteiger partial charge < -0.3 is 4.57 Å². The molecule has 0 unspecified atom stereocenters. The first-order valence-electron chi connectivity index (χ1n) is 21.1. The van der Waals surface area contributed by atoms with Crippen LogP contribution >= 0.6 is 7.14 Å². The Balaban J connectivity index is 1.07. The summed E-state index contributed by atoms with van der Waals surface area (Å²) in [6, 6.07) is 68.2. The molecule has 0 heterocycles. The third-order valence-corrected chi connectivity index (χ3v) is 17.2. The van der Waals surface area contributed by atoms with Crippen LogP contribution in [-0.2, 0) is 15.4 Å². The first kappa shape index (κ1) is 35.4. The first-order chi connectivity index (χ1) is 29.2. The van der Waals surface area contributed by atoms with Crippen LogP contribution in [0.25, 0.3) is 76.5 Å². The molecule has 0 N–H and O–H groups in total. The molecule has 0 spiro atoms. The van der Waals surface area contributed by atoms with E-state index in [4.69, 9.17) is 0 Å². The van der Waals surface area contributed by atoms with Gasteiger partial charge in [-0.15, -0.1) is 0 Å². The first-order valence-corrected chi connectivity index (χ1v) is 22.8. The lowest BCUT2D eigenvalue weighted by Crippen LogP contribution is -2.28. The Morgan fingerprint density at radius 3 is 1.23 bits per heavy atom. The van der Waals surface area contributed by atoms with E-state index in [0.717, 1.165) is 21.5 Å². The number of hydrogen-bond acceptors (Lipinski definition) is 1. The Kier molecular flexibility index (Phi) is 7.38. The summed E-state index contributed by atoms with van der Waals surface area (Å²) in [6.07, 6.45) is 0. The van der Waals surface area contributed by atoms with Gasteiger partial charge in [0.25, 0.3) is 0 Å². The smallest absolute Gasteiger partial charge is 0.171 e. The summed E-state index contributed by atoms with van der Waals surface area (Å²) in [5, 5.41) is 12.6. The van der Waals surface area contributed by atoms with Crippen molar-refractivity contribution in [2.45, 2.75) is 38.5 Å². The lowest BCUT2D eigenvalue weighted by atomic mass is 9.82. The molecule has 12 rings (SSSR count). The fraction of sp³-hybridized carbons (Fsp3) is 0.103. The van der Waals surface area contributed by atoms with E-state index in [0.29, 0.717) is 0 Å². The van der Waals surface area contributed by atoms with Gasteiger partial charge in [-0.05, 0) is 117 Å². The second-order valence-electron chi connectivity index (χ2n) is 17.9. The van der Waals surface area contributed by atoms with Crippen LogP contribution in [0, 0.1) is 0 Å². The second kappa shape index (κ2) is 12.5. The highest BCUT2D eigenvalue weighted by molar-refractivity contribution is 7.85. The van der Waals surface area contributed by atoms with Crippen LogP contribution in [0.2, 0.25) is 0 Å². The van der Waals surface area contributed by atoms with Crippen molar-refractivity contribution in [2.24, 2.45) is 0 Å². The van der Waals surface area contributed by atoms with Gasteiger partial charge in [-0.2, -0.15) is 0 Å². The van der Waals surface area contributed by atoms with E-state index in [1.807, 2.05) is 0 Å². The van der Waals surface area contributed by atoms with Crippen molar-refractivity contribution in [1.82, 2.24) is 0 Å². The highest BCUT2D eigenvalue weighted by atomic mass is 31.2. The highest BCUT2D eigenvalue weighted by Crippen LogP contribution is 2.54. The lowest BCUT2D eigenvalue weighted by Gasteiger charge is -2.26. The minimum absolute atomic E-state index is 0.217. The van der Waals surface area contributed by atoms with Gasteiger partial charge in [0, 0.05) is 26.7 Å². The molecule has 0 radical (unpaired) electrons. The van der Waals surface area contributed by atoms with Crippen LogP contribution < -0.4 is 15.9 Å². The molecule has 0 aromatic heterocycles. The summed E-state index contributed by atoms with van der Waals surface area (Å²) in [5.74, 6) is 0. The van der Waals surface area contributed by atoms with Crippen LogP contribution in [0.3, 0.4) is 0 Å². The van der Waals surface area contributed by atoms with E-state index in [1.165, 1.54) is 93.2 Å². The SMILES string of the molecule is CC1(C)c2ccccc2-c2ccc(P(=O)(c3ccc(-c4cc5c6ccccc6c6ccccc6c5c5ccccc45)cc3)c3ccc4c(c3)C(C)(C)c3ccccc3-4)cc21. The fourth-order valence-corrected chi connectivity index (χ4v) is 13.7. The zero-order chi connectivity index (χ0) is 40.5. The maximum absolute atomic E-state index is 16.7. The Hall–Kier alpha value is -6.53. The van der Waals surface area contributed by atoms with Crippen molar-refractivity contribution < 1.29 is 4.57 Å². The normalized spacial score (nSPS) is 14.7. The van der Waals surface area contributed by atoms with Gasteiger partial charge in [0.1, 0.15) is 0 Å². The summed E-state index contributed by atoms with van der Waals surface area (Å²) in [6.45, 7) is 9.21. The molecule has 0 fully saturated rings. The molecule has 0 amide bonds. The number of fused-ring (bicyclic) bond motifs is 14. The topological polar surface area (TPSA) is 17.1 Å². The van der Waals surface area contributed by atoms with Crippen molar-refractivity contribution >= 4 is 66.1 Å². The standard InChI is InChI=1S/C58H43OP/c1-57(2)52-23-13-11-19-44(52)46-31-29-38(33-54(46)57)60(59,39-30-32-47-45-20-12-14-24-53(45)58(3,4)55(47)34-39)37-27-25-36(26-28-37)50-35-51-42-17-6-5-15-40(42)41-16-7-9-21-48(41)56(51)49-22-10-8-18-43(49)50/h5-35H,1-4H3. The minimum Gasteiger partial charge on any atom is -0.309 e. The van der Waals surface area contributed by atoms with Gasteiger partial charge in [-0.25, -0.2) is 0 Å². The van der Waals surface area contributed by atoms with E-state index in [2.05, 4.69) is 216 Å². The van der Waals surface area contributed by atoms with Crippen LogP contribution in [-0.4, -0.2) is 0 Å². The zero-order valence-electron chi connectivity index (χ0n) is 34.3. The Morgan fingerprint density at radius 2 is 0.700 bits per heavy atom. The lowest BCUT2D eigenvalue weighted by molar-refractivity contribution is 0.592. The second-order valence-corrected chi connectivity index (χ2v) is 20.7. The summed E-state index contributed by atoms with van der Waals surface area (Å²) in [4.78, 5) is 0. The molecular weight excluding hydrogens is 744 g/mol. The van der Waals surface area contributed by atoms with E-state index in [9.17, 15) is 0 Å². The Labute approximate surface area is 351 Å². The van der Waals surface area contributed by atoms with Crippen LogP contribution in [0.1, 0.15) is 49.9 Å². The average Bonchev–Trinajstić information content (AvgIpc) is 3.67. The van der Waals surface area contributed by atoms with Gasteiger partial charge in [0.05, 0.1) is 0 Å². The van der Waals surface area contributed by atoms with Crippen molar-refractivity contribution in [1.29, 1.82) is 0 Å². The van der Waals surface area contributed by atoms with Crippen LogP contribution in [0.5, 0.6) is 0 Å². The van der Waals surface area contributed by atoms with Gasteiger partial charge in [-0.3, -0.25) is 0 Å². The van der Waals surface area contributed by atoms with E-state index in [1.54, 1.807) is 0 Å². The number of hydrogen-bond donors (Lipinski definition) is 0. The third-order valence-electron chi connectivity index (χ3n) is 14.2. The number of rotatable bonds is 4. The van der Waals surface area contributed by atoms with E-state index < -0.39 is 7.14 Å². The van der Waals surface area contributed by atoms with E-state index in [-0.39, 0.29) is 10.8 Å². The molecule has 60 heavy (non-hydrogen) atoms. The number of benzene rings is 10. The zero-order valence-corrected chi connectivity index (χ0v) is 35.1. The summed E-state index contributed by atoms with van der Waals surface area (Å²) < 4.78 is 16.7. The molecule has 1 nitrogen and oxygen atoms in total. The molecule has 0 saturated heterocycles. The van der Waals surface area contributed by atoms with Gasteiger partial charge in [0.15, 0.2) is 7.14 Å².